The highest BCUT2D eigenvalue weighted by Crippen LogP contribution is 2.40. The minimum Gasteiger partial charge on any atom is -0.478 e. The number of methoxy groups -OCH3 is 1. The summed E-state index contributed by atoms with van der Waals surface area (Å²) in [6, 6.07) is 5.52. The van der Waals surface area contributed by atoms with E-state index < -0.39 is 5.97 Å². The molecule has 2 aliphatic rings. The minimum absolute atomic E-state index is 0.194. The van der Waals surface area contributed by atoms with Crippen molar-refractivity contribution in [3.63, 3.8) is 0 Å². The van der Waals surface area contributed by atoms with Gasteiger partial charge in [0, 0.05) is 49.7 Å². The Morgan fingerprint density at radius 1 is 1.00 bits per heavy atom. The summed E-state index contributed by atoms with van der Waals surface area (Å²) in [4.78, 5) is 25.8. The van der Waals surface area contributed by atoms with E-state index in [0.29, 0.717) is 24.4 Å². The third-order valence-corrected chi connectivity index (χ3v) is 6.96. The number of allylic oxidation sites excluding steroid dienone is 5. The van der Waals surface area contributed by atoms with E-state index in [1.54, 1.807) is 26.4 Å². The predicted molar refractivity (Wildman–Crippen MR) is 184 cm³/mol. The monoisotopic (exact) mass is 596 g/mol. The highest BCUT2D eigenvalue weighted by atomic mass is 16.4. The molecule has 1 aliphatic heterocycles. The highest BCUT2D eigenvalue weighted by molar-refractivity contribution is 5.95. The van der Waals surface area contributed by atoms with Crippen molar-refractivity contribution in [2.24, 2.45) is 5.92 Å². The number of hydrogen-bond acceptors (Lipinski definition) is 4. The van der Waals surface area contributed by atoms with Crippen molar-refractivity contribution in [3.8, 4) is 0 Å². The summed E-state index contributed by atoms with van der Waals surface area (Å²) in [7, 11) is 9.25. The zero-order chi connectivity index (χ0) is 32.8. The Morgan fingerprint density at radius 3 is 2.12 bits per heavy atom. The molecule has 242 valence electrons. The lowest BCUT2D eigenvalue weighted by molar-refractivity contribution is -0.111. The number of carbonyl (C=O) groups is 2. The number of carboxylic acid groups (broad SMARTS) is 1. The second-order valence-corrected chi connectivity index (χ2v) is 11.0. The van der Waals surface area contributed by atoms with Crippen LogP contribution in [-0.2, 0) is 22.5 Å². The number of fused-ring (bicyclic) bond motifs is 3. The van der Waals surface area contributed by atoms with Gasteiger partial charge in [-0.2, -0.15) is 0 Å². The van der Waals surface area contributed by atoms with E-state index in [0.717, 1.165) is 35.6 Å². The van der Waals surface area contributed by atoms with Crippen LogP contribution in [0.3, 0.4) is 0 Å². The molecule has 0 amide bonds. The summed E-state index contributed by atoms with van der Waals surface area (Å²) in [6.07, 6.45) is 19.2. The number of benzene rings is 1. The quantitative estimate of drug-likeness (QED) is 0.217. The molecular formula is C37H60N2O4. The molecule has 1 N–H and O–H groups in total. The summed E-state index contributed by atoms with van der Waals surface area (Å²) in [6.45, 7) is 12.7. The maximum Gasteiger partial charge on any atom is 0.335 e. The van der Waals surface area contributed by atoms with Crippen LogP contribution >= 0.6 is 0 Å². The Morgan fingerprint density at radius 2 is 1.58 bits per heavy atom. The fourth-order valence-electron chi connectivity index (χ4n) is 5.41. The van der Waals surface area contributed by atoms with Crippen molar-refractivity contribution >= 4 is 23.2 Å². The molecule has 0 spiro atoms. The minimum atomic E-state index is -0.919. The van der Waals surface area contributed by atoms with E-state index in [4.69, 9.17) is 0 Å². The van der Waals surface area contributed by atoms with Gasteiger partial charge in [0.1, 0.15) is 6.29 Å². The third-order valence-electron chi connectivity index (χ3n) is 6.96. The predicted octanol–water partition coefficient (Wildman–Crippen LogP) is 9.09. The topological polar surface area (TPSA) is 71.8 Å². The van der Waals surface area contributed by atoms with E-state index in [9.17, 15) is 14.7 Å². The molecule has 1 unspecified atom stereocenters. The van der Waals surface area contributed by atoms with Crippen LogP contribution in [0.25, 0.3) is 10.9 Å². The van der Waals surface area contributed by atoms with Crippen LogP contribution in [0.1, 0.15) is 107 Å². The van der Waals surface area contributed by atoms with Crippen molar-refractivity contribution < 1.29 is 19.4 Å². The molecule has 4 rings (SSSR count). The Balaban J connectivity index is 0.00000141. The number of aromatic nitrogens is 1. The van der Waals surface area contributed by atoms with Gasteiger partial charge in [0.2, 0.25) is 0 Å². The van der Waals surface area contributed by atoms with Crippen molar-refractivity contribution in [1.82, 2.24) is 9.47 Å². The van der Waals surface area contributed by atoms with Gasteiger partial charge in [-0.25, -0.2) is 4.79 Å². The maximum absolute atomic E-state index is 12.0. The van der Waals surface area contributed by atoms with Crippen LogP contribution in [0.15, 0.2) is 54.7 Å². The largest absolute Gasteiger partial charge is 0.478 e. The molecule has 2 aromatic rings. The number of ether oxygens (including phenoxy) is 1. The summed E-state index contributed by atoms with van der Waals surface area (Å²) < 4.78 is 6.49. The second kappa shape index (κ2) is 23.5. The van der Waals surface area contributed by atoms with E-state index in [1.807, 2.05) is 65.9 Å². The van der Waals surface area contributed by atoms with Crippen LogP contribution in [0.5, 0.6) is 0 Å². The van der Waals surface area contributed by atoms with Gasteiger partial charge in [-0.15, -0.1) is 0 Å². The van der Waals surface area contributed by atoms with Gasteiger partial charge >= 0.3 is 5.97 Å². The number of carbonyl (C=O) groups excluding carboxylic acids is 1. The average Bonchev–Trinajstić information content (AvgIpc) is 3.11. The van der Waals surface area contributed by atoms with Gasteiger partial charge in [0.25, 0.3) is 0 Å². The number of aldehydes is 1. The summed E-state index contributed by atoms with van der Waals surface area (Å²) in [5.74, 6) is -0.630. The lowest BCUT2D eigenvalue weighted by atomic mass is 9.88. The van der Waals surface area contributed by atoms with Crippen molar-refractivity contribution in [3.05, 3.63) is 71.5 Å². The first-order valence-corrected chi connectivity index (χ1v) is 16.1. The average molecular weight is 597 g/mol. The third kappa shape index (κ3) is 13.9. The second-order valence-electron chi connectivity index (χ2n) is 11.0. The number of aromatic carboxylic acids is 1. The van der Waals surface area contributed by atoms with Gasteiger partial charge in [-0.1, -0.05) is 95.9 Å². The van der Waals surface area contributed by atoms with Crippen molar-refractivity contribution in [2.75, 3.05) is 35.4 Å². The maximum atomic E-state index is 12.0. The summed E-state index contributed by atoms with van der Waals surface area (Å²) in [5, 5.41) is 10.8. The van der Waals surface area contributed by atoms with Gasteiger partial charge in [0.15, 0.2) is 0 Å². The van der Waals surface area contributed by atoms with E-state index >= 15 is 0 Å². The zero-order valence-electron chi connectivity index (χ0n) is 28.6. The van der Waals surface area contributed by atoms with Crippen molar-refractivity contribution in [1.29, 1.82) is 0 Å². The van der Waals surface area contributed by atoms with Crippen LogP contribution in [0, 0.1) is 5.92 Å². The fraction of sp³-hybridized carbons (Fsp3) is 0.568. The number of hydrogen-bond donors (Lipinski definition) is 1. The molecule has 2 heterocycles. The fourth-order valence-corrected chi connectivity index (χ4v) is 5.41. The Hall–Kier alpha value is -2.96. The molecule has 1 saturated carbocycles. The van der Waals surface area contributed by atoms with Crippen molar-refractivity contribution in [2.45, 2.75) is 97.9 Å². The first-order chi connectivity index (χ1) is 20.7. The Bertz CT molecular complexity index is 1130. The molecular weight excluding hydrogens is 536 g/mol. The van der Waals surface area contributed by atoms with Gasteiger partial charge in [0.05, 0.1) is 5.56 Å². The Labute approximate surface area is 262 Å². The van der Waals surface area contributed by atoms with Gasteiger partial charge in [-0.3, -0.25) is 0 Å². The first kappa shape index (κ1) is 40.0. The molecule has 1 aromatic heterocycles. The standard InChI is InChI=1S/C28H33NO3.C3H9N.C2H6O.2C2H6/c1-20-10-6-2-5-9-13-25-27(22-11-7-3-4-8-12-22)24-15-14-23(28(31)32)17-26(24)29(25)18-21(16-20)19-30;1-4(2)3;1-3-2;2*1-2/h5-6,9-10,14-15,17,19,21-22H,1-4,7-8,11-13,16,18H2,(H,31,32);1-3H3;1-2H3;2*1-2H3/b9-5-,10-6-;;;;. The molecule has 1 aliphatic carbocycles. The van der Waals surface area contributed by atoms with Crippen LogP contribution in [0.4, 0.5) is 0 Å². The summed E-state index contributed by atoms with van der Waals surface area (Å²) in [5.41, 5.74) is 4.80. The molecule has 1 aromatic carbocycles. The van der Waals surface area contributed by atoms with Crippen LogP contribution in [-0.4, -0.2) is 62.2 Å². The SMILES string of the molecule is C=C1/C=C\C/C=C\Cc2c(C3CCCCCC3)c3ccc(C(=O)O)cc3n2CC(C=O)C1.CC.CC.CN(C)C.COC. The smallest absolute Gasteiger partial charge is 0.335 e. The number of nitrogens with zero attached hydrogens (tertiary/aromatic N) is 2. The molecule has 6 nitrogen and oxygen atoms in total. The highest BCUT2D eigenvalue weighted by Gasteiger charge is 2.26. The molecule has 1 atom stereocenters. The Kier molecular flexibility index (Phi) is 21.9. The molecule has 1 fully saturated rings. The lowest BCUT2D eigenvalue weighted by Crippen LogP contribution is -2.16. The molecule has 6 heteroatoms. The van der Waals surface area contributed by atoms with Gasteiger partial charge < -0.3 is 24.1 Å². The first-order valence-electron chi connectivity index (χ1n) is 16.1. The van der Waals surface area contributed by atoms with E-state index in [-0.39, 0.29) is 5.92 Å². The molecule has 0 bridgehead atoms. The normalized spacial score (nSPS) is 18.6. The zero-order valence-corrected chi connectivity index (χ0v) is 28.6. The van der Waals surface area contributed by atoms with Crippen LogP contribution in [0.2, 0.25) is 0 Å². The number of carboxylic acids is 1. The number of rotatable bonds is 3. The van der Waals surface area contributed by atoms with Gasteiger partial charge in [-0.05, 0) is 70.4 Å². The molecule has 0 saturated heterocycles. The van der Waals surface area contributed by atoms with Crippen LogP contribution < -0.4 is 0 Å². The molecule has 43 heavy (non-hydrogen) atoms. The van der Waals surface area contributed by atoms with E-state index in [2.05, 4.69) is 34.1 Å². The molecule has 0 radical (unpaired) electrons. The lowest BCUT2D eigenvalue weighted by Gasteiger charge is -2.19. The van der Waals surface area contributed by atoms with E-state index in [1.165, 1.54) is 49.8 Å². The summed E-state index contributed by atoms with van der Waals surface area (Å²) >= 11 is 0.